The molecule has 0 saturated heterocycles. The van der Waals surface area contributed by atoms with Crippen LogP contribution in [0.3, 0.4) is 0 Å². The summed E-state index contributed by atoms with van der Waals surface area (Å²) in [5.74, 6) is -4.59. The molecule has 16 heteroatoms. The van der Waals surface area contributed by atoms with Gasteiger partial charge in [-0.2, -0.15) is 0 Å². The molecule has 16 nitrogen and oxygen atoms in total. The number of carbonyl (C=O) groups is 6. The zero-order valence-electron chi connectivity index (χ0n) is 24.0. The summed E-state index contributed by atoms with van der Waals surface area (Å²) in [5, 5.41) is 19.0. The van der Waals surface area contributed by atoms with Gasteiger partial charge in [-0.25, -0.2) is 0 Å². The van der Waals surface area contributed by atoms with Crippen LogP contribution in [0.15, 0.2) is 35.3 Å². The van der Waals surface area contributed by atoms with Crippen molar-refractivity contribution < 1.29 is 33.9 Å². The summed E-state index contributed by atoms with van der Waals surface area (Å²) in [4.78, 5) is 77.8. The molecule has 0 saturated carbocycles. The summed E-state index contributed by atoms with van der Waals surface area (Å²) in [5.41, 5.74) is 22.4. The Morgan fingerprint density at radius 3 is 2.16 bits per heavy atom. The van der Waals surface area contributed by atoms with Crippen molar-refractivity contribution in [2.45, 2.75) is 69.1 Å². The van der Waals surface area contributed by atoms with Crippen LogP contribution in [0.2, 0.25) is 0 Å². The lowest BCUT2D eigenvalue weighted by Crippen LogP contribution is -2.57. The van der Waals surface area contributed by atoms with Gasteiger partial charge in [-0.05, 0) is 44.2 Å². The first-order valence-corrected chi connectivity index (χ1v) is 13.9. The van der Waals surface area contributed by atoms with Crippen LogP contribution in [0.4, 0.5) is 0 Å². The lowest BCUT2D eigenvalue weighted by Gasteiger charge is -2.24. The molecule has 0 heterocycles. The fourth-order valence-electron chi connectivity index (χ4n) is 3.88. The van der Waals surface area contributed by atoms with Crippen LogP contribution in [0.25, 0.3) is 0 Å². The molecular weight excluding hydrogens is 562 g/mol. The molecule has 0 aliphatic rings. The van der Waals surface area contributed by atoms with Crippen molar-refractivity contribution >= 4 is 41.8 Å². The molecule has 0 fully saturated rings. The molecule has 1 aromatic carbocycles. The van der Waals surface area contributed by atoms with Gasteiger partial charge in [-0.15, -0.1) is 0 Å². The standard InChI is InChI=1S/C27H43N9O7/c28-11-5-4-9-18(16-37)34-25(42)20(13-17-7-2-1-3-8-17)36-26(43)21(14-23(39)40)35-22(38)15-33-24(41)19(29)10-6-12-32-27(30)31/h1-3,7-8,16,18-21H,4-6,9-15,28-29H2,(H,33,41)(H,34,42)(H,35,38)(H,36,43)(H,39,40)(H4,30,31,32)/t18-,19-,20-,21-/m0/s1. The Kier molecular flexibility index (Phi) is 17.2. The number of carboxylic acids is 1. The highest BCUT2D eigenvalue weighted by atomic mass is 16.4. The number of carbonyl (C=O) groups excluding carboxylic acids is 5. The van der Waals surface area contributed by atoms with E-state index in [0.29, 0.717) is 44.1 Å². The molecule has 238 valence electrons. The second-order valence-electron chi connectivity index (χ2n) is 9.78. The second-order valence-corrected chi connectivity index (χ2v) is 9.78. The second kappa shape index (κ2) is 20.3. The Morgan fingerprint density at radius 1 is 0.884 bits per heavy atom. The summed E-state index contributed by atoms with van der Waals surface area (Å²) in [6.45, 7) is 0.116. The average molecular weight is 606 g/mol. The highest BCUT2D eigenvalue weighted by Gasteiger charge is 2.29. The van der Waals surface area contributed by atoms with Crippen LogP contribution in [0.5, 0.6) is 0 Å². The Labute approximate surface area is 249 Å². The molecule has 0 aliphatic heterocycles. The monoisotopic (exact) mass is 605 g/mol. The minimum Gasteiger partial charge on any atom is -0.481 e. The minimum absolute atomic E-state index is 0.0255. The molecule has 13 N–H and O–H groups in total. The molecule has 1 rings (SSSR count). The number of nitrogens with one attached hydrogen (secondary N) is 4. The maximum atomic E-state index is 13.1. The van der Waals surface area contributed by atoms with Crippen LogP contribution in [0.1, 0.15) is 44.1 Å². The highest BCUT2D eigenvalue weighted by Crippen LogP contribution is 2.07. The maximum Gasteiger partial charge on any atom is 0.305 e. The molecule has 4 atom stereocenters. The van der Waals surface area contributed by atoms with Gasteiger partial charge in [0.15, 0.2) is 5.96 Å². The van der Waals surface area contributed by atoms with Crippen molar-refractivity contribution in [3.8, 4) is 0 Å². The molecule has 0 spiro atoms. The van der Waals surface area contributed by atoms with Crippen molar-refractivity contribution in [1.29, 1.82) is 0 Å². The zero-order chi connectivity index (χ0) is 32.2. The maximum absolute atomic E-state index is 13.1. The van der Waals surface area contributed by atoms with E-state index in [2.05, 4.69) is 26.3 Å². The topological polar surface area (TPSA) is 287 Å². The SMILES string of the molecule is NCCCC[C@@H](C=O)NC(=O)[C@H](Cc1ccccc1)NC(=O)[C@H](CC(=O)O)NC(=O)CNC(=O)[C@@H](N)CCCN=C(N)N. The van der Waals surface area contributed by atoms with Crippen LogP contribution >= 0.6 is 0 Å². The number of aliphatic carboxylic acids is 1. The fraction of sp³-hybridized carbons (Fsp3) is 0.519. The minimum atomic E-state index is -1.58. The van der Waals surface area contributed by atoms with Crippen LogP contribution in [-0.4, -0.2) is 90.8 Å². The van der Waals surface area contributed by atoms with E-state index in [0.717, 1.165) is 0 Å². The molecular formula is C27H43N9O7. The number of unbranched alkanes of at least 4 members (excludes halogenated alkanes) is 1. The number of aliphatic imine (C=N–C) groups is 1. The van der Waals surface area contributed by atoms with E-state index in [1.54, 1.807) is 30.3 Å². The van der Waals surface area contributed by atoms with E-state index < -0.39 is 66.7 Å². The van der Waals surface area contributed by atoms with Crippen LogP contribution < -0.4 is 44.2 Å². The summed E-state index contributed by atoms with van der Waals surface area (Å²) in [6, 6.07) is 4.17. The predicted molar refractivity (Wildman–Crippen MR) is 158 cm³/mol. The summed E-state index contributed by atoms with van der Waals surface area (Å²) < 4.78 is 0. The van der Waals surface area contributed by atoms with E-state index in [4.69, 9.17) is 22.9 Å². The number of aldehydes is 1. The summed E-state index contributed by atoms with van der Waals surface area (Å²) in [6.07, 6.45) is 2.07. The molecule has 4 amide bonds. The van der Waals surface area contributed by atoms with Gasteiger partial charge in [0.1, 0.15) is 18.4 Å². The summed E-state index contributed by atoms with van der Waals surface area (Å²) in [7, 11) is 0. The van der Waals surface area contributed by atoms with Crippen LogP contribution in [-0.2, 0) is 35.2 Å². The normalized spacial score (nSPS) is 13.3. The third-order valence-corrected chi connectivity index (χ3v) is 6.13. The van der Waals surface area contributed by atoms with Crippen molar-refractivity contribution in [3.05, 3.63) is 35.9 Å². The first kappa shape index (κ1) is 36.5. The van der Waals surface area contributed by atoms with Gasteiger partial charge >= 0.3 is 5.97 Å². The first-order chi connectivity index (χ1) is 20.5. The van der Waals surface area contributed by atoms with E-state index in [1.165, 1.54) is 0 Å². The predicted octanol–water partition coefficient (Wildman–Crippen LogP) is -3.02. The highest BCUT2D eigenvalue weighted by molar-refractivity contribution is 5.95. The summed E-state index contributed by atoms with van der Waals surface area (Å²) >= 11 is 0. The van der Waals surface area contributed by atoms with Gasteiger partial charge in [-0.1, -0.05) is 30.3 Å². The number of rotatable bonds is 21. The smallest absolute Gasteiger partial charge is 0.305 e. The molecule has 0 radical (unpaired) electrons. The van der Waals surface area contributed by atoms with E-state index in [9.17, 15) is 33.9 Å². The Balaban J connectivity index is 2.89. The molecule has 0 aromatic heterocycles. The number of hydrogen-bond acceptors (Lipinski definition) is 9. The first-order valence-electron chi connectivity index (χ1n) is 13.9. The average Bonchev–Trinajstić information content (AvgIpc) is 2.96. The molecule has 1 aromatic rings. The Hall–Kier alpha value is -4.57. The number of hydrogen-bond donors (Lipinski definition) is 9. The number of amides is 4. The Bertz CT molecular complexity index is 1100. The van der Waals surface area contributed by atoms with E-state index in [-0.39, 0.29) is 25.3 Å². The lowest BCUT2D eigenvalue weighted by atomic mass is 10.0. The number of carboxylic acid groups (broad SMARTS) is 1. The number of guanidine groups is 1. The molecule has 0 unspecified atom stereocenters. The van der Waals surface area contributed by atoms with Crippen LogP contribution in [0, 0.1) is 0 Å². The van der Waals surface area contributed by atoms with Gasteiger partial charge in [0.25, 0.3) is 0 Å². The third kappa shape index (κ3) is 15.9. The largest absolute Gasteiger partial charge is 0.481 e. The molecule has 0 aliphatic carbocycles. The molecule has 43 heavy (non-hydrogen) atoms. The fourth-order valence-corrected chi connectivity index (χ4v) is 3.88. The Morgan fingerprint density at radius 2 is 1.56 bits per heavy atom. The van der Waals surface area contributed by atoms with Gasteiger partial charge in [0.05, 0.1) is 25.0 Å². The van der Waals surface area contributed by atoms with Crippen molar-refractivity contribution in [2.24, 2.45) is 27.9 Å². The number of nitrogens with two attached hydrogens (primary N) is 4. The number of benzene rings is 1. The van der Waals surface area contributed by atoms with Crippen molar-refractivity contribution in [1.82, 2.24) is 21.3 Å². The molecule has 0 bridgehead atoms. The third-order valence-electron chi connectivity index (χ3n) is 6.13. The van der Waals surface area contributed by atoms with Gasteiger partial charge < -0.3 is 54.1 Å². The van der Waals surface area contributed by atoms with Crippen molar-refractivity contribution in [2.75, 3.05) is 19.6 Å². The number of nitrogens with zero attached hydrogens (tertiary/aromatic N) is 1. The van der Waals surface area contributed by atoms with E-state index in [1.807, 2.05) is 0 Å². The lowest BCUT2D eigenvalue weighted by molar-refractivity contribution is -0.141. The quantitative estimate of drug-likeness (QED) is 0.0294. The van der Waals surface area contributed by atoms with Gasteiger partial charge in [0.2, 0.25) is 23.6 Å². The van der Waals surface area contributed by atoms with Gasteiger partial charge in [0, 0.05) is 13.0 Å². The van der Waals surface area contributed by atoms with Crippen molar-refractivity contribution in [3.63, 3.8) is 0 Å². The van der Waals surface area contributed by atoms with E-state index >= 15 is 0 Å². The van der Waals surface area contributed by atoms with Gasteiger partial charge in [-0.3, -0.25) is 29.0 Å². The zero-order valence-corrected chi connectivity index (χ0v) is 24.0.